The van der Waals surface area contributed by atoms with Gasteiger partial charge in [-0.25, -0.2) is 4.98 Å². The quantitative estimate of drug-likeness (QED) is 0.519. The number of carbonyl (C=O) groups is 2. The van der Waals surface area contributed by atoms with Gasteiger partial charge in [0.1, 0.15) is 0 Å². The molecule has 0 aromatic carbocycles. The molecular weight excluding hydrogens is 428 g/mol. The van der Waals surface area contributed by atoms with E-state index in [4.69, 9.17) is 10.7 Å². The Morgan fingerprint density at radius 1 is 1.13 bits per heavy atom. The van der Waals surface area contributed by atoms with Gasteiger partial charge >= 0.3 is 0 Å². The number of hydrogen-bond acceptors (Lipinski definition) is 6. The summed E-state index contributed by atoms with van der Waals surface area (Å²) in [7, 11) is 0. The average molecular weight is 455 g/mol. The van der Waals surface area contributed by atoms with E-state index >= 15 is 0 Å². The van der Waals surface area contributed by atoms with Crippen LogP contribution in [-0.4, -0.2) is 28.3 Å². The molecule has 1 saturated carbocycles. The predicted octanol–water partition coefficient (Wildman–Crippen LogP) is 4.99. The molecule has 3 aromatic heterocycles. The van der Waals surface area contributed by atoms with E-state index in [1.165, 1.54) is 22.7 Å². The van der Waals surface area contributed by atoms with Gasteiger partial charge in [-0.15, -0.1) is 22.7 Å². The van der Waals surface area contributed by atoms with Crippen molar-refractivity contribution in [1.29, 1.82) is 0 Å². The van der Waals surface area contributed by atoms with Crippen molar-refractivity contribution in [3.05, 3.63) is 52.3 Å². The van der Waals surface area contributed by atoms with Crippen LogP contribution in [0.25, 0.3) is 11.3 Å². The summed E-state index contributed by atoms with van der Waals surface area (Å²) in [4.78, 5) is 36.3. The lowest BCUT2D eigenvalue weighted by Crippen LogP contribution is -2.34. The molecule has 1 fully saturated rings. The van der Waals surface area contributed by atoms with Crippen molar-refractivity contribution in [3.8, 4) is 11.3 Å². The summed E-state index contributed by atoms with van der Waals surface area (Å²) in [5.74, 6) is 0.0702. The first-order valence-corrected chi connectivity index (χ1v) is 12.4. The predicted molar refractivity (Wildman–Crippen MR) is 125 cm³/mol. The molecule has 1 aliphatic rings. The van der Waals surface area contributed by atoms with Gasteiger partial charge in [0, 0.05) is 35.8 Å². The normalized spacial score (nSPS) is 18.6. The van der Waals surface area contributed by atoms with Gasteiger partial charge in [-0.1, -0.05) is 18.9 Å². The van der Waals surface area contributed by atoms with Crippen LogP contribution < -0.4 is 10.6 Å². The molecule has 31 heavy (non-hydrogen) atoms. The van der Waals surface area contributed by atoms with Crippen LogP contribution in [-0.2, 0) is 4.79 Å². The van der Waals surface area contributed by atoms with E-state index in [9.17, 15) is 9.59 Å². The molecule has 162 valence electrons. The number of aromatic nitrogens is 2. The minimum absolute atomic E-state index is 0.0271. The Labute approximate surface area is 190 Å². The van der Waals surface area contributed by atoms with Gasteiger partial charge in [-0.05, 0) is 55.2 Å². The zero-order valence-electron chi connectivity index (χ0n) is 17.3. The van der Waals surface area contributed by atoms with E-state index in [0.29, 0.717) is 22.5 Å². The maximum atomic E-state index is 13.2. The van der Waals surface area contributed by atoms with Crippen molar-refractivity contribution in [2.45, 2.75) is 38.5 Å². The van der Waals surface area contributed by atoms with Gasteiger partial charge < -0.3 is 5.73 Å². The molecule has 0 radical (unpaired) electrons. The summed E-state index contributed by atoms with van der Waals surface area (Å²) in [6, 6.07) is 7.57. The van der Waals surface area contributed by atoms with E-state index in [0.717, 1.165) is 49.8 Å². The molecule has 0 aliphatic heterocycles. The standard InChI is InChI=1S/C23H26N4O2S2/c24-21(28)18-7-2-1-5-16(18)6-3-13-27(22(29)20-8-4-14-30-20)23-26-19(15-31-23)17-9-11-25-12-10-17/h4,8-12,14-16,18H,1-3,5-7,13H2,(H2,24,28)/t16?,18-/m1/s1. The smallest absolute Gasteiger partial charge is 0.270 e. The zero-order chi connectivity index (χ0) is 21.6. The highest BCUT2D eigenvalue weighted by molar-refractivity contribution is 7.14. The van der Waals surface area contributed by atoms with Crippen LogP contribution in [0, 0.1) is 11.8 Å². The summed E-state index contributed by atoms with van der Waals surface area (Å²) in [6.45, 7) is 0.571. The SMILES string of the molecule is NC(=O)[C@@H]1CCCCC1CCCN(C(=O)c1cccs1)c1nc(-c2ccncc2)cs1. The Morgan fingerprint density at radius 2 is 1.94 bits per heavy atom. The van der Waals surface area contributed by atoms with Crippen molar-refractivity contribution in [2.24, 2.45) is 17.6 Å². The monoisotopic (exact) mass is 454 g/mol. The summed E-state index contributed by atoms with van der Waals surface area (Å²) in [6.07, 6.45) is 9.33. The Kier molecular flexibility index (Phi) is 7.09. The minimum atomic E-state index is -0.182. The number of hydrogen-bond donors (Lipinski definition) is 1. The molecule has 0 saturated heterocycles. The third-order valence-corrected chi connectivity index (χ3v) is 7.63. The number of amides is 2. The number of thiazole rings is 1. The van der Waals surface area contributed by atoms with E-state index < -0.39 is 0 Å². The van der Waals surface area contributed by atoms with Crippen molar-refractivity contribution >= 4 is 39.6 Å². The van der Waals surface area contributed by atoms with Gasteiger partial charge in [-0.2, -0.15) is 0 Å². The molecule has 4 rings (SSSR count). The Morgan fingerprint density at radius 3 is 2.68 bits per heavy atom. The fraction of sp³-hybridized carbons (Fsp3) is 0.391. The van der Waals surface area contributed by atoms with Gasteiger partial charge in [-0.3, -0.25) is 19.5 Å². The van der Waals surface area contributed by atoms with Crippen LogP contribution in [0.1, 0.15) is 48.2 Å². The highest BCUT2D eigenvalue weighted by atomic mass is 32.1. The first-order valence-electron chi connectivity index (χ1n) is 10.6. The number of thiophene rings is 1. The molecule has 1 unspecified atom stereocenters. The van der Waals surface area contributed by atoms with Crippen LogP contribution in [0.15, 0.2) is 47.4 Å². The van der Waals surface area contributed by atoms with Crippen molar-refractivity contribution in [2.75, 3.05) is 11.4 Å². The zero-order valence-corrected chi connectivity index (χ0v) is 18.9. The van der Waals surface area contributed by atoms with Crippen LogP contribution in [0.5, 0.6) is 0 Å². The second-order valence-electron chi connectivity index (χ2n) is 7.88. The molecule has 2 amide bonds. The first kappa shape index (κ1) is 21.6. The third kappa shape index (κ3) is 5.19. The fourth-order valence-electron chi connectivity index (χ4n) is 4.30. The topological polar surface area (TPSA) is 89.2 Å². The molecule has 3 heterocycles. The molecule has 0 spiro atoms. The van der Waals surface area contributed by atoms with E-state index in [1.807, 2.05) is 35.0 Å². The Hall–Kier alpha value is -2.58. The number of rotatable bonds is 8. The lowest BCUT2D eigenvalue weighted by molar-refractivity contribution is -0.124. The first-order chi connectivity index (χ1) is 15.1. The van der Waals surface area contributed by atoms with Crippen molar-refractivity contribution in [1.82, 2.24) is 9.97 Å². The summed E-state index contributed by atoms with van der Waals surface area (Å²) in [5.41, 5.74) is 7.46. The molecule has 2 N–H and O–H groups in total. The highest BCUT2D eigenvalue weighted by Crippen LogP contribution is 2.34. The number of carbonyl (C=O) groups excluding carboxylic acids is 2. The number of pyridine rings is 1. The molecular formula is C23H26N4O2S2. The van der Waals surface area contributed by atoms with Gasteiger partial charge in [0.25, 0.3) is 5.91 Å². The summed E-state index contributed by atoms with van der Waals surface area (Å²) >= 11 is 2.91. The second kappa shape index (κ2) is 10.2. The third-order valence-electron chi connectivity index (χ3n) is 5.91. The van der Waals surface area contributed by atoms with E-state index in [2.05, 4.69) is 4.98 Å². The summed E-state index contributed by atoms with van der Waals surface area (Å²) in [5, 5.41) is 4.58. The second-order valence-corrected chi connectivity index (χ2v) is 9.67. The maximum absolute atomic E-state index is 13.2. The van der Waals surface area contributed by atoms with Crippen LogP contribution in [0.4, 0.5) is 5.13 Å². The molecule has 8 heteroatoms. The maximum Gasteiger partial charge on any atom is 0.270 e. The molecule has 6 nitrogen and oxygen atoms in total. The van der Waals surface area contributed by atoms with Gasteiger partial charge in [0.15, 0.2) is 5.13 Å². The number of anilines is 1. The summed E-state index contributed by atoms with van der Waals surface area (Å²) < 4.78 is 0. The molecule has 2 atom stereocenters. The average Bonchev–Trinajstić information content (AvgIpc) is 3.50. The molecule has 1 aliphatic carbocycles. The molecule has 0 bridgehead atoms. The van der Waals surface area contributed by atoms with Gasteiger partial charge in [0.2, 0.25) is 5.91 Å². The number of primary amides is 1. The minimum Gasteiger partial charge on any atom is -0.369 e. The fourth-order valence-corrected chi connectivity index (χ4v) is 5.83. The van der Waals surface area contributed by atoms with E-state index in [-0.39, 0.29) is 17.7 Å². The van der Waals surface area contributed by atoms with Crippen LogP contribution >= 0.6 is 22.7 Å². The van der Waals surface area contributed by atoms with Crippen molar-refractivity contribution < 1.29 is 9.59 Å². The lowest BCUT2D eigenvalue weighted by Gasteiger charge is -2.30. The van der Waals surface area contributed by atoms with E-state index in [1.54, 1.807) is 17.3 Å². The Balaban J connectivity index is 1.49. The van der Waals surface area contributed by atoms with Crippen molar-refractivity contribution in [3.63, 3.8) is 0 Å². The number of nitrogens with two attached hydrogens (primary N) is 1. The molecule has 3 aromatic rings. The van der Waals surface area contributed by atoms with Crippen LogP contribution in [0.3, 0.4) is 0 Å². The van der Waals surface area contributed by atoms with Crippen LogP contribution in [0.2, 0.25) is 0 Å². The lowest BCUT2D eigenvalue weighted by atomic mass is 9.76. The number of nitrogens with zero attached hydrogens (tertiary/aromatic N) is 3. The highest BCUT2D eigenvalue weighted by Gasteiger charge is 2.29. The van der Waals surface area contributed by atoms with Gasteiger partial charge in [0.05, 0.1) is 10.6 Å². The largest absolute Gasteiger partial charge is 0.369 e. The Bertz CT molecular complexity index is 1000.